The molecule has 0 heterocycles. The van der Waals surface area contributed by atoms with E-state index in [0.29, 0.717) is 5.75 Å². The quantitative estimate of drug-likeness (QED) is 0.698. The van der Waals surface area contributed by atoms with E-state index in [9.17, 15) is 4.79 Å². The number of thioether (sulfide) groups is 1. The summed E-state index contributed by atoms with van der Waals surface area (Å²) >= 11 is 1.59. The third-order valence-electron chi connectivity index (χ3n) is 1.84. The molecule has 3 nitrogen and oxygen atoms in total. The van der Waals surface area contributed by atoms with Crippen molar-refractivity contribution in [2.75, 3.05) is 31.7 Å². The second kappa shape index (κ2) is 7.21. The van der Waals surface area contributed by atoms with Crippen LogP contribution in [0.15, 0.2) is 0 Å². The molecule has 0 rings (SSSR count). The van der Waals surface area contributed by atoms with Crippen molar-refractivity contribution in [3.8, 4) is 0 Å². The van der Waals surface area contributed by atoms with E-state index in [0.717, 1.165) is 12.3 Å². The van der Waals surface area contributed by atoms with Gasteiger partial charge in [-0.15, -0.1) is 0 Å². The minimum Gasteiger partial charge on any atom is -0.396 e. The first-order valence-corrected chi connectivity index (χ1v) is 5.69. The first-order valence-electron chi connectivity index (χ1n) is 4.54. The number of rotatable bonds is 6. The molecule has 0 bridgehead atoms. The maximum atomic E-state index is 11.3. The molecule has 0 saturated heterocycles. The van der Waals surface area contributed by atoms with Gasteiger partial charge in [0.1, 0.15) is 0 Å². The molecular weight excluding hydrogens is 186 g/mol. The maximum absolute atomic E-state index is 11.3. The second-order valence-electron chi connectivity index (χ2n) is 3.21. The van der Waals surface area contributed by atoms with Gasteiger partial charge in [0.05, 0.1) is 5.75 Å². The van der Waals surface area contributed by atoms with Crippen molar-refractivity contribution >= 4 is 17.7 Å². The first-order chi connectivity index (χ1) is 6.11. The normalized spacial score (nSPS) is 12.6. The van der Waals surface area contributed by atoms with Gasteiger partial charge >= 0.3 is 0 Å². The van der Waals surface area contributed by atoms with Crippen LogP contribution in [0.25, 0.3) is 0 Å². The summed E-state index contributed by atoms with van der Waals surface area (Å²) < 4.78 is 0. The van der Waals surface area contributed by atoms with E-state index < -0.39 is 0 Å². The summed E-state index contributed by atoms with van der Waals surface area (Å²) in [5, 5.41) is 8.75. The summed E-state index contributed by atoms with van der Waals surface area (Å²) in [6.45, 7) is 4.89. The largest absolute Gasteiger partial charge is 0.396 e. The molecule has 0 aromatic rings. The van der Waals surface area contributed by atoms with Gasteiger partial charge in [-0.3, -0.25) is 4.79 Å². The molecule has 1 N–H and O–H groups in total. The number of carbonyl (C=O) groups is 1. The van der Waals surface area contributed by atoms with Crippen LogP contribution in [-0.2, 0) is 4.79 Å². The highest BCUT2D eigenvalue weighted by atomic mass is 32.2. The van der Waals surface area contributed by atoms with E-state index in [1.807, 2.05) is 13.8 Å². The molecule has 0 aromatic carbocycles. The number of nitrogens with zero attached hydrogens (tertiary/aromatic N) is 1. The standard InChI is InChI=1S/C9H19NO2S/c1-4-10(3)9(12)7-13-6-8(2)5-11/h8,11H,4-7H2,1-3H3. The van der Waals surface area contributed by atoms with Crippen LogP contribution in [0.1, 0.15) is 13.8 Å². The number of aliphatic hydroxyl groups is 1. The van der Waals surface area contributed by atoms with Gasteiger partial charge in [-0.05, 0) is 18.6 Å². The molecule has 0 fully saturated rings. The Morgan fingerprint density at radius 3 is 2.69 bits per heavy atom. The highest BCUT2D eigenvalue weighted by Gasteiger charge is 2.07. The van der Waals surface area contributed by atoms with Crippen LogP contribution in [0, 0.1) is 5.92 Å². The SMILES string of the molecule is CCN(C)C(=O)CSCC(C)CO. The molecule has 78 valence electrons. The second-order valence-corrected chi connectivity index (χ2v) is 4.24. The Kier molecular flexibility index (Phi) is 7.09. The molecule has 13 heavy (non-hydrogen) atoms. The summed E-state index contributed by atoms with van der Waals surface area (Å²) in [7, 11) is 1.80. The van der Waals surface area contributed by atoms with Crippen LogP contribution in [0.2, 0.25) is 0 Å². The Balaban J connectivity index is 3.47. The van der Waals surface area contributed by atoms with Crippen molar-refractivity contribution < 1.29 is 9.90 Å². The van der Waals surface area contributed by atoms with Crippen molar-refractivity contribution in [3.05, 3.63) is 0 Å². The van der Waals surface area contributed by atoms with Crippen molar-refractivity contribution in [2.24, 2.45) is 5.92 Å². The number of carbonyl (C=O) groups excluding carboxylic acids is 1. The summed E-state index contributed by atoms with van der Waals surface area (Å²) in [5.74, 6) is 1.82. The lowest BCUT2D eigenvalue weighted by Gasteiger charge is -2.14. The zero-order valence-corrected chi connectivity index (χ0v) is 9.43. The van der Waals surface area contributed by atoms with Crippen LogP contribution < -0.4 is 0 Å². The summed E-state index contributed by atoms with van der Waals surface area (Å²) in [6, 6.07) is 0. The fourth-order valence-corrected chi connectivity index (χ4v) is 1.71. The Morgan fingerprint density at radius 1 is 1.62 bits per heavy atom. The van der Waals surface area contributed by atoms with Gasteiger partial charge in [0, 0.05) is 20.2 Å². The highest BCUT2D eigenvalue weighted by molar-refractivity contribution is 7.99. The molecule has 0 saturated carbocycles. The lowest BCUT2D eigenvalue weighted by Crippen LogP contribution is -2.28. The molecule has 0 aliphatic rings. The zero-order valence-electron chi connectivity index (χ0n) is 8.62. The lowest BCUT2D eigenvalue weighted by atomic mass is 10.2. The topological polar surface area (TPSA) is 40.5 Å². The van der Waals surface area contributed by atoms with Crippen LogP contribution in [0.3, 0.4) is 0 Å². The first kappa shape index (κ1) is 12.8. The van der Waals surface area contributed by atoms with Crippen LogP contribution in [0.5, 0.6) is 0 Å². The van der Waals surface area contributed by atoms with E-state index in [1.165, 1.54) is 0 Å². The monoisotopic (exact) mass is 205 g/mol. The van der Waals surface area contributed by atoms with E-state index in [2.05, 4.69) is 0 Å². The van der Waals surface area contributed by atoms with Gasteiger partial charge in [-0.25, -0.2) is 0 Å². The minimum atomic E-state index is 0.164. The van der Waals surface area contributed by atoms with E-state index >= 15 is 0 Å². The minimum absolute atomic E-state index is 0.164. The predicted molar refractivity (Wildman–Crippen MR) is 56.9 cm³/mol. The molecule has 0 radical (unpaired) electrons. The third-order valence-corrected chi connectivity index (χ3v) is 3.10. The molecule has 4 heteroatoms. The third kappa shape index (κ3) is 5.93. The van der Waals surface area contributed by atoms with Gasteiger partial charge in [0.25, 0.3) is 0 Å². The summed E-state index contributed by atoms with van der Waals surface area (Å²) in [5.41, 5.74) is 0. The molecule has 1 atom stereocenters. The molecular formula is C9H19NO2S. The lowest BCUT2D eigenvalue weighted by molar-refractivity contribution is -0.126. The number of hydrogen-bond acceptors (Lipinski definition) is 3. The Hall–Kier alpha value is -0.220. The predicted octanol–water partition coefficient (Wildman–Crippen LogP) is 0.826. The van der Waals surface area contributed by atoms with Gasteiger partial charge in [0.2, 0.25) is 5.91 Å². The van der Waals surface area contributed by atoms with Gasteiger partial charge in [-0.1, -0.05) is 6.92 Å². The maximum Gasteiger partial charge on any atom is 0.232 e. The van der Waals surface area contributed by atoms with E-state index in [4.69, 9.17) is 5.11 Å². The number of amides is 1. The van der Waals surface area contributed by atoms with Crippen molar-refractivity contribution in [2.45, 2.75) is 13.8 Å². The van der Waals surface area contributed by atoms with Crippen LogP contribution in [-0.4, -0.2) is 47.6 Å². The molecule has 0 aliphatic carbocycles. The van der Waals surface area contributed by atoms with Crippen molar-refractivity contribution in [1.82, 2.24) is 4.90 Å². The smallest absolute Gasteiger partial charge is 0.232 e. The molecule has 0 spiro atoms. The fraction of sp³-hybridized carbons (Fsp3) is 0.889. The Morgan fingerprint density at radius 2 is 2.23 bits per heavy atom. The summed E-state index contributed by atoms with van der Waals surface area (Å²) in [6.07, 6.45) is 0. The molecule has 0 aliphatic heterocycles. The van der Waals surface area contributed by atoms with Crippen LogP contribution in [0.4, 0.5) is 0 Å². The summed E-state index contributed by atoms with van der Waals surface area (Å²) in [4.78, 5) is 13.0. The molecule has 1 amide bonds. The van der Waals surface area contributed by atoms with Crippen molar-refractivity contribution in [1.29, 1.82) is 0 Å². The van der Waals surface area contributed by atoms with Crippen molar-refractivity contribution in [3.63, 3.8) is 0 Å². The Bertz CT molecular complexity index is 153. The number of aliphatic hydroxyl groups excluding tert-OH is 1. The zero-order chi connectivity index (χ0) is 10.3. The van der Waals surface area contributed by atoms with Crippen LogP contribution >= 0.6 is 11.8 Å². The van der Waals surface area contributed by atoms with Gasteiger partial charge in [0.15, 0.2) is 0 Å². The number of hydrogen-bond donors (Lipinski definition) is 1. The average molecular weight is 205 g/mol. The van der Waals surface area contributed by atoms with E-state index in [1.54, 1.807) is 23.7 Å². The van der Waals surface area contributed by atoms with Gasteiger partial charge in [-0.2, -0.15) is 11.8 Å². The molecule has 1 unspecified atom stereocenters. The van der Waals surface area contributed by atoms with Gasteiger partial charge < -0.3 is 10.0 Å². The fourth-order valence-electron chi connectivity index (χ4n) is 0.687. The Labute approximate surface area is 84.5 Å². The van der Waals surface area contributed by atoms with E-state index in [-0.39, 0.29) is 18.4 Å². The highest BCUT2D eigenvalue weighted by Crippen LogP contribution is 2.08. The molecule has 0 aromatic heterocycles. The average Bonchev–Trinajstić information content (AvgIpc) is 2.15.